The fourth-order valence-corrected chi connectivity index (χ4v) is 1.73. The van der Waals surface area contributed by atoms with Gasteiger partial charge in [0.1, 0.15) is 17.0 Å². The van der Waals surface area contributed by atoms with Gasteiger partial charge in [0.2, 0.25) is 0 Å². The predicted molar refractivity (Wildman–Crippen MR) is 63.0 cm³/mol. The molecule has 0 N–H and O–H groups in total. The van der Waals surface area contributed by atoms with E-state index in [0.29, 0.717) is 5.56 Å². The third-order valence-electron chi connectivity index (χ3n) is 2.74. The molecule has 0 atom stereocenters. The van der Waals surface area contributed by atoms with Crippen LogP contribution in [0.25, 0.3) is 11.3 Å². The largest absolute Gasteiger partial charge is 0.465 e. The van der Waals surface area contributed by atoms with Gasteiger partial charge in [0.25, 0.3) is 0 Å². The number of hydrogen-bond donors (Lipinski definition) is 0. The number of methoxy groups -OCH3 is 1. The summed E-state index contributed by atoms with van der Waals surface area (Å²) in [6.45, 7) is 1.52. The van der Waals surface area contributed by atoms with Gasteiger partial charge in [-0.15, -0.1) is 0 Å². The first-order chi connectivity index (χ1) is 9.34. The first kappa shape index (κ1) is 14.1. The van der Waals surface area contributed by atoms with Crippen molar-refractivity contribution >= 4 is 5.97 Å². The van der Waals surface area contributed by atoms with Crippen molar-refractivity contribution in [1.29, 1.82) is 0 Å². The molecule has 2 rings (SSSR count). The van der Waals surface area contributed by atoms with Crippen LogP contribution in [0.4, 0.5) is 13.2 Å². The van der Waals surface area contributed by atoms with Crippen molar-refractivity contribution in [2.75, 3.05) is 7.11 Å². The number of rotatable bonds is 2. The molecule has 7 heteroatoms. The Bertz CT molecular complexity index is 629. The summed E-state index contributed by atoms with van der Waals surface area (Å²) in [5.74, 6) is -0.412. The molecule has 0 aliphatic rings. The van der Waals surface area contributed by atoms with E-state index in [0.717, 1.165) is 12.1 Å². The van der Waals surface area contributed by atoms with E-state index in [4.69, 9.17) is 4.52 Å². The van der Waals surface area contributed by atoms with Crippen molar-refractivity contribution in [2.24, 2.45) is 0 Å². The van der Waals surface area contributed by atoms with Gasteiger partial charge in [0.15, 0.2) is 0 Å². The minimum absolute atomic E-state index is 0.104. The molecular formula is C13H10F3NO3. The molecular weight excluding hydrogens is 275 g/mol. The maximum absolute atomic E-state index is 12.5. The Kier molecular flexibility index (Phi) is 3.52. The van der Waals surface area contributed by atoms with Crippen molar-refractivity contribution in [3.05, 3.63) is 41.2 Å². The molecule has 0 unspecified atom stereocenters. The summed E-state index contributed by atoms with van der Waals surface area (Å²) in [6.07, 6.45) is -4.41. The molecule has 0 saturated carbocycles. The van der Waals surface area contributed by atoms with Gasteiger partial charge < -0.3 is 9.26 Å². The van der Waals surface area contributed by atoms with Gasteiger partial charge >= 0.3 is 12.1 Å². The summed E-state index contributed by atoms with van der Waals surface area (Å²) in [5, 5.41) is 3.69. The first-order valence-electron chi connectivity index (χ1n) is 5.57. The van der Waals surface area contributed by atoms with Crippen LogP contribution < -0.4 is 0 Å². The van der Waals surface area contributed by atoms with E-state index < -0.39 is 17.7 Å². The quantitative estimate of drug-likeness (QED) is 0.793. The summed E-state index contributed by atoms with van der Waals surface area (Å²) >= 11 is 0. The normalized spacial score (nSPS) is 11.4. The van der Waals surface area contributed by atoms with Crippen LogP contribution in [0.15, 0.2) is 28.8 Å². The zero-order valence-corrected chi connectivity index (χ0v) is 10.6. The number of ether oxygens (including phenoxy) is 1. The van der Waals surface area contributed by atoms with Gasteiger partial charge in [-0.1, -0.05) is 17.3 Å². The second kappa shape index (κ2) is 4.99. The van der Waals surface area contributed by atoms with Gasteiger partial charge in [-0.3, -0.25) is 0 Å². The molecule has 0 saturated heterocycles. The molecule has 106 valence electrons. The lowest BCUT2D eigenvalue weighted by Crippen LogP contribution is -2.05. The molecule has 0 spiro atoms. The predicted octanol–water partition coefficient (Wildman–Crippen LogP) is 3.46. The minimum Gasteiger partial charge on any atom is -0.465 e. The third-order valence-corrected chi connectivity index (χ3v) is 2.74. The average molecular weight is 285 g/mol. The van der Waals surface area contributed by atoms with Crippen molar-refractivity contribution in [3.8, 4) is 11.3 Å². The Morgan fingerprint density at radius 2 is 1.85 bits per heavy atom. The van der Waals surface area contributed by atoms with Gasteiger partial charge in [-0.2, -0.15) is 13.2 Å². The van der Waals surface area contributed by atoms with E-state index in [2.05, 4.69) is 9.89 Å². The maximum Gasteiger partial charge on any atom is 0.416 e. The number of esters is 1. The van der Waals surface area contributed by atoms with Crippen LogP contribution in [0.5, 0.6) is 0 Å². The highest BCUT2D eigenvalue weighted by Gasteiger charge is 2.30. The fourth-order valence-electron chi connectivity index (χ4n) is 1.73. The summed E-state index contributed by atoms with van der Waals surface area (Å²) in [7, 11) is 1.20. The molecule has 4 nitrogen and oxygen atoms in total. The molecule has 1 heterocycles. The number of alkyl halides is 3. The Labute approximate surface area is 112 Å². The van der Waals surface area contributed by atoms with Crippen molar-refractivity contribution in [3.63, 3.8) is 0 Å². The molecule has 0 fully saturated rings. The third kappa shape index (κ3) is 2.52. The summed E-state index contributed by atoms with van der Waals surface area (Å²) < 4.78 is 46.9. The van der Waals surface area contributed by atoms with Crippen LogP contribution in [-0.4, -0.2) is 18.2 Å². The van der Waals surface area contributed by atoms with Crippen LogP contribution >= 0.6 is 0 Å². The molecule has 0 aliphatic heterocycles. The van der Waals surface area contributed by atoms with Crippen molar-refractivity contribution < 1.29 is 27.2 Å². The molecule has 1 aromatic carbocycles. The van der Waals surface area contributed by atoms with Gasteiger partial charge in [0, 0.05) is 5.56 Å². The smallest absolute Gasteiger partial charge is 0.416 e. The second-order valence-electron chi connectivity index (χ2n) is 4.03. The molecule has 1 aromatic heterocycles. The lowest BCUT2D eigenvalue weighted by Gasteiger charge is -2.07. The van der Waals surface area contributed by atoms with E-state index in [9.17, 15) is 18.0 Å². The first-order valence-corrected chi connectivity index (χ1v) is 5.57. The van der Waals surface area contributed by atoms with E-state index in [1.807, 2.05) is 0 Å². The van der Waals surface area contributed by atoms with Crippen LogP contribution in [-0.2, 0) is 10.9 Å². The van der Waals surface area contributed by atoms with Crippen molar-refractivity contribution in [1.82, 2.24) is 5.16 Å². The molecule has 0 amide bonds. The zero-order valence-electron chi connectivity index (χ0n) is 10.6. The second-order valence-corrected chi connectivity index (χ2v) is 4.03. The molecule has 0 radical (unpaired) electrons. The fraction of sp³-hybridized carbons (Fsp3) is 0.231. The minimum atomic E-state index is -4.41. The summed E-state index contributed by atoms with van der Waals surface area (Å²) in [4.78, 5) is 11.6. The van der Waals surface area contributed by atoms with Crippen LogP contribution in [0.1, 0.15) is 21.7 Å². The van der Waals surface area contributed by atoms with Gasteiger partial charge in [-0.25, -0.2) is 4.79 Å². The number of aromatic nitrogens is 1. The zero-order chi connectivity index (χ0) is 14.9. The van der Waals surface area contributed by atoms with Crippen LogP contribution in [0.2, 0.25) is 0 Å². The van der Waals surface area contributed by atoms with E-state index >= 15 is 0 Å². The van der Waals surface area contributed by atoms with E-state index in [-0.39, 0.29) is 17.0 Å². The Balaban J connectivity index is 2.45. The van der Waals surface area contributed by atoms with Crippen LogP contribution in [0.3, 0.4) is 0 Å². The molecule has 20 heavy (non-hydrogen) atoms. The lowest BCUT2D eigenvalue weighted by molar-refractivity contribution is -0.137. The van der Waals surface area contributed by atoms with E-state index in [1.165, 1.54) is 26.2 Å². The standard InChI is InChI=1S/C13H10F3NO3/c1-7-10(12(18)19-2)11(17-20-7)8-3-5-9(6-4-8)13(14,15)16/h3-6H,1-2H3. The van der Waals surface area contributed by atoms with E-state index in [1.54, 1.807) is 0 Å². The van der Waals surface area contributed by atoms with Gasteiger partial charge in [0.05, 0.1) is 12.7 Å². The SMILES string of the molecule is COC(=O)c1c(-c2ccc(C(F)(F)F)cc2)noc1C. The average Bonchev–Trinajstić information content (AvgIpc) is 2.79. The number of aryl methyl sites for hydroxylation is 1. The number of carbonyl (C=O) groups is 1. The highest BCUT2D eigenvalue weighted by atomic mass is 19.4. The maximum atomic E-state index is 12.5. The summed E-state index contributed by atoms with van der Waals surface area (Å²) in [6, 6.07) is 4.29. The highest BCUT2D eigenvalue weighted by Crippen LogP contribution is 2.32. The topological polar surface area (TPSA) is 52.3 Å². The van der Waals surface area contributed by atoms with Crippen LogP contribution in [0, 0.1) is 6.92 Å². The number of hydrogen-bond acceptors (Lipinski definition) is 4. The number of carbonyl (C=O) groups excluding carboxylic acids is 1. The number of halogens is 3. The Morgan fingerprint density at radius 3 is 2.35 bits per heavy atom. The summed E-state index contributed by atoms with van der Waals surface area (Å²) in [5.41, 5.74) is -0.174. The molecule has 0 bridgehead atoms. The highest BCUT2D eigenvalue weighted by molar-refractivity contribution is 5.96. The Morgan fingerprint density at radius 1 is 1.25 bits per heavy atom. The lowest BCUT2D eigenvalue weighted by atomic mass is 10.0. The molecule has 0 aliphatic carbocycles. The van der Waals surface area contributed by atoms with Crippen molar-refractivity contribution in [2.45, 2.75) is 13.1 Å². The Hall–Kier alpha value is -2.31. The number of nitrogens with zero attached hydrogens (tertiary/aromatic N) is 1. The number of benzene rings is 1. The van der Waals surface area contributed by atoms with Gasteiger partial charge in [-0.05, 0) is 19.1 Å². The molecule has 2 aromatic rings. The monoisotopic (exact) mass is 285 g/mol.